The molecule has 1 aromatic rings. The van der Waals surface area contributed by atoms with Crippen LogP contribution in [-0.2, 0) is 9.53 Å². The van der Waals surface area contributed by atoms with Gasteiger partial charge in [0, 0.05) is 25.0 Å². The molecule has 2 fully saturated rings. The SMILES string of the molecule is O=C1CCC2(CC1)CC(OC(=O)c1ccc([N+](=O)[O-])cc1)C2. The van der Waals surface area contributed by atoms with Gasteiger partial charge in [-0.15, -0.1) is 0 Å². The fourth-order valence-corrected chi connectivity index (χ4v) is 3.40. The lowest BCUT2D eigenvalue weighted by molar-refractivity contribution is -0.384. The first-order valence-electron chi connectivity index (χ1n) is 7.45. The van der Waals surface area contributed by atoms with E-state index < -0.39 is 10.9 Å². The average molecular weight is 303 g/mol. The number of carbonyl (C=O) groups is 2. The van der Waals surface area contributed by atoms with Gasteiger partial charge in [0.1, 0.15) is 11.9 Å². The van der Waals surface area contributed by atoms with Gasteiger partial charge >= 0.3 is 5.97 Å². The Balaban J connectivity index is 1.53. The third-order valence-electron chi connectivity index (χ3n) is 4.78. The summed E-state index contributed by atoms with van der Waals surface area (Å²) in [5.41, 5.74) is 0.463. The molecule has 0 aromatic heterocycles. The van der Waals surface area contributed by atoms with Crippen LogP contribution in [0.15, 0.2) is 24.3 Å². The molecule has 6 heteroatoms. The molecule has 3 rings (SSSR count). The van der Waals surface area contributed by atoms with Crippen LogP contribution in [0.2, 0.25) is 0 Å². The largest absolute Gasteiger partial charge is 0.459 e. The van der Waals surface area contributed by atoms with Gasteiger partial charge in [-0.3, -0.25) is 14.9 Å². The molecule has 2 aliphatic rings. The van der Waals surface area contributed by atoms with E-state index in [1.165, 1.54) is 24.3 Å². The Morgan fingerprint density at radius 3 is 2.32 bits per heavy atom. The van der Waals surface area contributed by atoms with Crippen LogP contribution in [0.4, 0.5) is 5.69 Å². The van der Waals surface area contributed by atoms with Gasteiger partial charge < -0.3 is 4.74 Å². The summed E-state index contributed by atoms with van der Waals surface area (Å²) >= 11 is 0. The molecule has 22 heavy (non-hydrogen) atoms. The van der Waals surface area contributed by atoms with E-state index in [0.29, 0.717) is 24.2 Å². The first-order valence-corrected chi connectivity index (χ1v) is 7.45. The lowest BCUT2D eigenvalue weighted by Crippen LogP contribution is -2.45. The number of ether oxygens (including phenoxy) is 1. The zero-order chi connectivity index (χ0) is 15.7. The maximum Gasteiger partial charge on any atom is 0.338 e. The fraction of sp³-hybridized carbons (Fsp3) is 0.500. The number of non-ortho nitro benzene ring substituents is 1. The van der Waals surface area contributed by atoms with E-state index in [4.69, 9.17) is 4.74 Å². The van der Waals surface area contributed by atoms with Gasteiger partial charge in [-0.2, -0.15) is 0 Å². The van der Waals surface area contributed by atoms with Crippen molar-refractivity contribution in [2.75, 3.05) is 0 Å². The van der Waals surface area contributed by atoms with E-state index in [1.807, 2.05) is 0 Å². The lowest BCUT2D eigenvalue weighted by atomic mass is 9.59. The molecular weight excluding hydrogens is 286 g/mol. The van der Waals surface area contributed by atoms with E-state index in [9.17, 15) is 19.7 Å². The minimum absolute atomic E-state index is 0.0500. The zero-order valence-corrected chi connectivity index (χ0v) is 12.1. The summed E-state index contributed by atoms with van der Waals surface area (Å²) in [7, 11) is 0. The standard InChI is InChI=1S/C16H17NO5/c18-13-5-7-16(8-6-13)9-14(10-16)22-15(19)11-1-3-12(4-2-11)17(20)21/h1-4,14H,5-10H2. The third-order valence-corrected chi connectivity index (χ3v) is 4.78. The molecule has 0 heterocycles. The van der Waals surface area contributed by atoms with Gasteiger partial charge in [-0.1, -0.05) is 0 Å². The summed E-state index contributed by atoms with van der Waals surface area (Å²) in [4.78, 5) is 33.4. The number of hydrogen-bond donors (Lipinski definition) is 0. The van der Waals surface area contributed by atoms with Crippen LogP contribution in [0.5, 0.6) is 0 Å². The Kier molecular flexibility index (Phi) is 3.68. The number of nitrogens with zero attached hydrogens (tertiary/aromatic N) is 1. The number of ketones is 1. The molecule has 0 bridgehead atoms. The second kappa shape index (κ2) is 5.51. The molecule has 0 aliphatic heterocycles. The third kappa shape index (κ3) is 2.86. The van der Waals surface area contributed by atoms with Gasteiger partial charge in [-0.25, -0.2) is 4.79 Å². The molecule has 0 saturated heterocycles. The van der Waals surface area contributed by atoms with Gasteiger partial charge in [-0.05, 0) is 43.2 Å². The summed E-state index contributed by atoms with van der Waals surface area (Å²) in [5, 5.41) is 10.6. The minimum atomic E-state index is -0.505. The molecule has 2 saturated carbocycles. The van der Waals surface area contributed by atoms with E-state index in [2.05, 4.69) is 0 Å². The van der Waals surface area contributed by atoms with Crippen molar-refractivity contribution in [1.29, 1.82) is 0 Å². The minimum Gasteiger partial charge on any atom is -0.459 e. The number of benzene rings is 1. The number of nitro benzene ring substituents is 1. The van der Waals surface area contributed by atoms with E-state index >= 15 is 0 Å². The van der Waals surface area contributed by atoms with Gasteiger partial charge in [0.25, 0.3) is 5.69 Å². The average Bonchev–Trinajstić information content (AvgIpc) is 2.48. The fourth-order valence-electron chi connectivity index (χ4n) is 3.40. The van der Waals surface area contributed by atoms with Crippen molar-refractivity contribution in [3.05, 3.63) is 39.9 Å². The van der Waals surface area contributed by atoms with Crippen molar-refractivity contribution in [2.24, 2.45) is 5.41 Å². The summed E-state index contributed by atoms with van der Waals surface area (Å²) in [6, 6.07) is 5.42. The quantitative estimate of drug-likeness (QED) is 0.486. The molecule has 0 unspecified atom stereocenters. The highest BCUT2D eigenvalue weighted by molar-refractivity contribution is 5.89. The lowest BCUT2D eigenvalue weighted by Gasteiger charge is -2.49. The number of rotatable bonds is 3. The Labute approximate surface area is 127 Å². The van der Waals surface area contributed by atoms with Crippen LogP contribution in [-0.4, -0.2) is 22.8 Å². The number of esters is 1. The summed E-state index contributed by atoms with van der Waals surface area (Å²) in [6.07, 6.45) is 4.62. The smallest absolute Gasteiger partial charge is 0.338 e. The Hall–Kier alpha value is -2.24. The van der Waals surface area contributed by atoms with Crippen molar-refractivity contribution in [1.82, 2.24) is 0 Å². The van der Waals surface area contributed by atoms with Gasteiger partial charge in [0.05, 0.1) is 10.5 Å². The normalized spacial score (nSPS) is 20.5. The molecule has 0 radical (unpaired) electrons. The molecular formula is C16H17NO5. The first-order chi connectivity index (χ1) is 10.5. The second-order valence-corrected chi connectivity index (χ2v) is 6.28. The Morgan fingerprint density at radius 1 is 1.18 bits per heavy atom. The molecule has 0 atom stereocenters. The van der Waals surface area contributed by atoms with Crippen molar-refractivity contribution in [3.8, 4) is 0 Å². The number of Topliss-reactive ketones (excluding diaryl/α,β-unsaturated/α-hetero) is 1. The summed E-state index contributed by atoms with van der Waals surface area (Å²) in [5.74, 6) is -0.112. The van der Waals surface area contributed by atoms with E-state index in [0.717, 1.165) is 25.7 Å². The van der Waals surface area contributed by atoms with E-state index in [-0.39, 0.29) is 17.2 Å². The van der Waals surface area contributed by atoms with Crippen LogP contribution in [0.3, 0.4) is 0 Å². The predicted octanol–water partition coefficient (Wildman–Crippen LogP) is 3.04. The number of carbonyl (C=O) groups excluding carboxylic acids is 2. The predicted molar refractivity (Wildman–Crippen MR) is 77.4 cm³/mol. The maximum atomic E-state index is 12.0. The summed E-state index contributed by atoms with van der Waals surface area (Å²) < 4.78 is 5.43. The van der Waals surface area contributed by atoms with Crippen LogP contribution in [0.25, 0.3) is 0 Å². The molecule has 0 amide bonds. The highest BCUT2D eigenvalue weighted by atomic mass is 16.6. The number of hydrogen-bond acceptors (Lipinski definition) is 5. The van der Waals surface area contributed by atoms with Crippen LogP contribution >= 0.6 is 0 Å². The van der Waals surface area contributed by atoms with Crippen LogP contribution in [0.1, 0.15) is 48.9 Å². The molecule has 2 aliphatic carbocycles. The van der Waals surface area contributed by atoms with Crippen molar-refractivity contribution in [2.45, 2.75) is 44.6 Å². The zero-order valence-electron chi connectivity index (χ0n) is 12.1. The first kappa shape index (κ1) is 14.7. The van der Waals surface area contributed by atoms with Gasteiger partial charge in [0.15, 0.2) is 0 Å². The Morgan fingerprint density at radius 2 is 1.77 bits per heavy atom. The highest BCUT2D eigenvalue weighted by Crippen LogP contribution is 2.52. The second-order valence-electron chi connectivity index (χ2n) is 6.28. The highest BCUT2D eigenvalue weighted by Gasteiger charge is 2.47. The Bertz CT molecular complexity index is 604. The molecule has 1 aromatic carbocycles. The summed E-state index contributed by atoms with van der Waals surface area (Å²) in [6.45, 7) is 0. The topological polar surface area (TPSA) is 86.5 Å². The van der Waals surface area contributed by atoms with Crippen molar-refractivity contribution < 1.29 is 19.2 Å². The molecule has 1 spiro atoms. The van der Waals surface area contributed by atoms with Crippen LogP contribution < -0.4 is 0 Å². The molecule has 0 N–H and O–H groups in total. The van der Waals surface area contributed by atoms with Crippen LogP contribution in [0, 0.1) is 15.5 Å². The number of nitro groups is 1. The van der Waals surface area contributed by atoms with Crippen molar-refractivity contribution in [3.63, 3.8) is 0 Å². The monoisotopic (exact) mass is 303 g/mol. The maximum absolute atomic E-state index is 12.0. The molecule has 116 valence electrons. The van der Waals surface area contributed by atoms with E-state index in [1.54, 1.807) is 0 Å². The van der Waals surface area contributed by atoms with Crippen molar-refractivity contribution >= 4 is 17.4 Å². The van der Waals surface area contributed by atoms with Gasteiger partial charge in [0.2, 0.25) is 0 Å². The molecule has 6 nitrogen and oxygen atoms in total.